The van der Waals surface area contributed by atoms with Crippen LogP contribution in [0.1, 0.15) is 31.1 Å². The van der Waals surface area contributed by atoms with Gasteiger partial charge in [0.25, 0.3) is 0 Å². The standard InChI is InChI=1S/C16H18FNO2S/c1-16(2,12-5-3-4-6-13(12)17)15(20)18-9-14(19)11-7-8-21-10-11/h3-8,10,14,19H,9H2,1-2H3,(H,18,20). The number of carbonyl (C=O) groups excluding carboxylic acids is 1. The maximum Gasteiger partial charge on any atom is 0.230 e. The van der Waals surface area contributed by atoms with E-state index in [1.165, 1.54) is 17.4 Å². The van der Waals surface area contributed by atoms with Crippen molar-refractivity contribution in [2.45, 2.75) is 25.4 Å². The minimum atomic E-state index is -1.00. The maximum absolute atomic E-state index is 13.8. The fourth-order valence-electron chi connectivity index (χ4n) is 2.08. The Hall–Kier alpha value is -1.72. The lowest BCUT2D eigenvalue weighted by atomic mass is 9.83. The second kappa shape index (κ2) is 6.37. The Balaban J connectivity index is 2.04. The van der Waals surface area contributed by atoms with E-state index in [4.69, 9.17) is 0 Å². The highest BCUT2D eigenvalue weighted by atomic mass is 32.1. The molecule has 0 saturated carbocycles. The first kappa shape index (κ1) is 15.7. The summed E-state index contributed by atoms with van der Waals surface area (Å²) in [4.78, 5) is 12.3. The lowest BCUT2D eigenvalue weighted by Crippen LogP contribution is -2.42. The molecule has 1 atom stereocenters. The number of halogens is 1. The first-order valence-corrected chi connectivity index (χ1v) is 7.60. The zero-order valence-corrected chi connectivity index (χ0v) is 12.8. The number of rotatable bonds is 5. The van der Waals surface area contributed by atoms with Gasteiger partial charge in [0.1, 0.15) is 5.82 Å². The van der Waals surface area contributed by atoms with Gasteiger partial charge in [0.15, 0.2) is 0 Å². The Morgan fingerprint density at radius 1 is 1.38 bits per heavy atom. The second-order valence-corrected chi connectivity index (χ2v) is 6.17. The third-order valence-electron chi connectivity index (χ3n) is 3.50. The summed E-state index contributed by atoms with van der Waals surface area (Å²) in [7, 11) is 0. The van der Waals surface area contributed by atoms with Crippen LogP contribution in [-0.2, 0) is 10.2 Å². The summed E-state index contributed by atoms with van der Waals surface area (Å²) >= 11 is 1.48. The first-order valence-electron chi connectivity index (χ1n) is 6.66. The zero-order chi connectivity index (χ0) is 15.5. The Bertz CT molecular complexity index is 610. The Labute approximate surface area is 127 Å². The molecule has 2 N–H and O–H groups in total. The smallest absolute Gasteiger partial charge is 0.230 e. The highest BCUT2D eigenvalue weighted by Crippen LogP contribution is 2.26. The van der Waals surface area contributed by atoms with E-state index in [0.717, 1.165) is 5.56 Å². The topological polar surface area (TPSA) is 49.3 Å². The molecule has 0 saturated heterocycles. The van der Waals surface area contributed by atoms with Gasteiger partial charge in [0, 0.05) is 12.1 Å². The van der Waals surface area contributed by atoms with Crippen LogP contribution in [-0.4, -0.2) is 17.6 Å². The highest BCUT2D eigenvalue weighted by Gasteiger charge is 2.32. The quantitative estimate of drug-likeness (QED) is 0.892. The molecule has 2 aromatic rings. The Morgan fingerprint density at radius 2 is 2.10 bits per heavy atom. The van der Waals surface area contributed by atoms with Gasteiger partial charge in [-0.15, -0.1) is 0 Å². The van der Waals surface area contributed by atoms with E-state index < -0.39 is 17.3 Å². The van der Waals surface area contributed by atoms with Gasteiger partial charge in [-0.3, -0.25) is 4.79 Å². The average Bonchev–Trinajstić information content (AvgIpc) is 2.98. The molecule has 1 amide bonds. The van der Waals surface area contributed by atoms with E-state index in [2.05, 4.69) is 5.32 Å². The predicted octanol–water partition coefficient (Wildman–Crippen LogP) is 3.01. The molecule has 1 aromatic heterocycles. The van der Waals surface area contributed by atoms with Crippen molar-refractivity contribution in [1.29, 1.82) is 0 Å². The number of hydrogen-bond acceptors (Lipinski definition) is 3. The summed E-state index contributed by atoms with van der Waals surface area (Å²) in [5.74, 6) is -0.724. The summed E-state index contributed by atoms with van der Waals surface area (Å²) in [6.45, 7) is 3.43. The van der Waals surface area contributed by atoms with Crippen molar-refractivity contribution < 1.29 is 14.3 Å². The third-order valence-corrected chi connectivity index (χ3v) is 4.20. The van der Waals surface area contributed by atoms with Crippen LogP contribution in [0.15, 0.2) is 41.1 Å². The summed E-state index contributed by atoms with van der Waals surface area (Å²) in [6, 6.07) is 8.04. The van der Waals surface area contributed by atoms with Crippen LogP contribution in [0.2, 0.25) is 0 Å². The summed E-state index contributed by atoms with van der Waals surface area (Å²) < 4.78 is 13.8. The number of carbonyl (C=O) groups is 1. The van der Waals surface area contributed by atoms with Crippen molar-refractivity contribution >= 4 is 17.2 Å². The van der Waals surface area contributed by atoms with Crippen LogP contribution in [0.5, 0.6) is 0 Å². The molecule has 112 valence electrons. The van der Waals surface area contributed by atoms with E-state index in [9.17, 15) is 14.3 Å². The van der Waals surface area contributed by atoms with Crippen molar-refractivity contribution in [2.24, 2.45) is 0 Å². The van der Waals surface area contributed by atoms with Crippen molar-refractivity contribution in [2.75, 3.05) is 6.54 Å². The number of aliphatic hydroxyl groups excluding tert-OH is 1. The summed E-state index contributed by atoms with van der Waals surface area (Å²) in [5.41, 5.74) is 0.108. The molecular formula is C16H18FNO2S. The van der Waals surface area contributed by atoms with E-state index >= 15 is 0 Å². The van der Waals surface area contributed by atoms with Crippen molar-refractivity contribution in [3.05, 3.63) is 58.0 Å². The van der Waals surface area contributed by atoms with Gasteiger partial charge in [0.05, 0.1) is 11.5 Å². The van der Waals surface area contributed by atoms with Crippen LogP contribution in [0.3, 0.4) is 0 Å². The van der Waals surface area contributed by atoms with Gasteiger partial charge in [0.2, 0.25) is 5.91 Å². The molecule has 0 aliphatic carbocycles. The molecule has 0 fully saturated rings. The SMILES string of the molecule is CC(C)(C(=O)NCC(O)c1ccsc1)c1ccccc1F. The number of amides is 1. The van der Waals surface area contributed by atoms with Crippen molar-refractivity contribution in [1.82, 2.24) is 5.32 Å². The molecule has 5 heteroatoms. The Morgan fingerprint density at radius 3 is 2.71 bits per heavy atom. The van der Waals surface area contributed by atoms with Gasteiger partial charge in [-0.05, 0) is 42.3 Å². The van der Waals surface area contributed by atoms with Crippen molar-refractivity contribution in [3.8, 4) is 0 Å². The minimum Gasteiger partial charge on any atom is -0.387 e. The summed E-state index contributed by atoms with van der Waals surface area (Å²) in [5, 5.41) is 16.3. The van der Waals surface area contributed by atoms with E-state index in [0.29, 0.717) is 5.56 Å². The average molecular weight is 307 g/mol. The van der Waals surface area contributed by atoms with Gasteiger partial charge in [-0.1, -0.05) is 18.2 Å². The fraction of sp³-hybridized carbons (Fsp3) is 0.312. The first-order chi connectivity index (χ1) is 9.93. The lowest BCUT2D eigenvalue weighted by molar-refractivity contribution is -0.126. The number of nitrogens with one attached hydrogen (secondary N) is 1. The van der Waals surface area contributed by atoms with Crippen LogP contribution in [0, 0.1) is 5.82 Å². The molecule has 3 nitrogen and oxygen atoms in total. The van der Waals surface area contributed by atoms with Crippen LogP contribution >= 0.6 is 11.3 Å². The molecule has 0 spiro atoms. The second-order valence-electron chi connectivity index (χ2n) is 5.39. The van der Waals surface area contributed by atoms with Crippen LogP contribution < -0.4 is 5.32 Å². The van der Waals surface area contributed by atoms with E-state index in [-0.39, 0.29) is 12.5 Å². The van der Waals surface area contributed by atoms with Crippen molar-refractivity contribution in [3.63, 3.8) is 0 Å². The Kier molecular flexibility index (Phi) is 4.75. The van der Waals surface area contributed by atoms with Gasteiger partial charge in [-0.2, -0.15) is 11.3 Å². The normalized spacial score (nSPS) is 13.0. The zero-order valence-electron chi connectivity index (χ0n) is 12.0. The van der Waals surface area contributed by atoms with Crippen LogP contribution in [0.25, 0.3) is 0 Å². The largest absolute Gasteiger partial charge is 0.387 e. The summed E-state index contributed by atoms with van der Waals surface area (Å²) in [6.07, 6.45) is -0.753. The molecule has 0 aliphatic heterocycles. The van der Waals surface area contributed by atoms with E-state index in [1.807, 2.05) is 16.8 Å². The molecular weight excluding hydrogens is 289 g/mol. The lowest BCUT2D eigenvalue weighted by Gasteiger charge is -2.25. The molecule has 2 rings (SSSR count). The highest BCUT2D eigenvalue weighted by molar-refractivity contribution is 7.07. The van der Waals surface area contributed by atoms with Gasteiger partial charge >= 0.3 is 0 Å². The fourth-order valence-corrected chi connectivity index (χ4v) is 2.79. The molecule has 21 heavy (non-hydrogen) atoms. The molecule has 0 radical (unpaired) electrons. The molecule has 1 heterocycles. The van der Waals surface area contributed by atoms with Gasteiger partial charge in [-0.25, -0.2) is 4.39 Å². The third kappa shape index (κ3) is 3.49. The van der Waals surface area contributed by atoms with E-state index in [1.54, 1.807) is 32.0 Å². The van der Waals surface area contributed by atoms with Gasteiger partial charge < -0.3 is 10.4 Å². The maximum atomic E-state index is 13.8. The molecule has 1 unspecified atom stereocenters. The predicted molar refractivity (Wildman–Crippen MR) is 81.7 cm³/mol. The monoisotopic (exact) mass is 307 g/mol. The number of thiophene rings is 1. The number of hydrogen-bond donors (Lipinski definition) is 2. The molecule has 0 aliphatic rings. The molecule has 0 bridgehead atoms. The van der Waals surface area contributed by atoms with Crippen LogP contribution in [0.4, 0.5) is 4.39 Å². The molecule has 1 aromatic carbocycles. The number of aliphatic hydroxyl groups is 1. The minimum absolute atomic E-state index is 0.105. The number of benzene rings is 1.